The smallest absolute Gasteiger partial charge is 0.229 e. The van der Waals surface area contributed by atoms with Gasteiger partial charge in [0.05, 0.1) is 5.92 Å². The molecular weight excluding hydrogens is 388 g/mol. The number of hydrogen-bond donors (Lipinski definition) is 1. The Hall–Kier alpha value is -3.60. The van der Waals surface area contributed by atoms with Crippen LogP contribution in [0.3, 0.4) is 0 Å². The summed E-state index contributed by atoms with van der Waals surface area (Å²) in [6.45, 7) is 5.06. The van der Waals surface area contributed by atoms with Crippen molar-refractivity contribution in [3.8, 4) is 11.5 Å². The number of carbonyl (C=O) groups is 2. The number of benzene rings is 3. The standard InChI is InChI=1S/C26H26N2O3/c1-18-7-6-10-24(19(18)2)31-23-13-11-22(12-14-23)27-26(30)21-15-25(29)28(17-21)16-20-8-4-3-5-9-20/h3-14,21H,15-17H2,1-2H3,(H,27,30)/t21-/m1/s1. The average Bonchev–Trinajstić information content (AvgIpc) is 3.14. The van der Waals surface area contributed by atoms with Gasteiger partial charge in [0.2, 0.25) is 11.8 Å². The summed E-state index contributed by atoms with van der Waals surface area (Å²) < 4.78 is 5.97. The molecule has 3 aromatic carbocycles. The van der Waals surface area contributed by atoms with Crippen molar-refractivity contribution in [2.75, 3.05) is 11.9 Å². The highest BCUT2D eigenvalue weighted by Gasteiger charge is 2.34. The average molecular weight is 415 g/mol. The predicted molar refractivity (Wildman–Crippen MR) is 121 cm³/mol. The molecule has 0 spiro atoms. The van der Waals surface area contributed by atoms with Gasteiger partial charge in [0.1, 0.15) is 11.5 Å². The largest absolute Gasteiger partial charge is 0.457 e. The molecule has 1 saturated heterocycles. The van der Waals surface area contributed by atoms with Crippen molar-refractivity contribution in [1.82, 2.24) is 4.90 Å². The Morgan fingerprint density at radius 1 is 1.00 bits per heavy atom. The molecule has 4 rings (SSSR count). The molecule has 31 heavy (non-hydrogen) atoms. The van der Waals surface area contributed by atoms with Gasteiger partial charge in [0.25, 0.3) is 0 Å². The van der Waals surface area contributed by atoms with Crippen molar-refractivity contribution >= 4 is 17.5 Å². The molecule has 0 aliphatic carbocycles. The van der Waals surface area contributed by atoms with E-state index in [0.29, 0.717) is 24.5 Å². The van der Waals surface area contributed by atoms with Crippen molar-refractivity contribution in [3.05, 3.63) is 89.5 Å². The van der Waals surface area contributed by atoms with Gasteiger partial charge in [-0.2, -0.15) is 0 Å². The number of ether oxygens (including phenoxy) is 1. The van der Waals surface area contributed by atoms with Gasteiger partial charge in [0, 0.05) is 25.2 Å². The quantitative estimate of drug-likeness (QED) is 0.612. The summed E-state index contributed by atoms with van der Waals surface area (Å²) in [6.07, 6.45) is 0.243. The number of nitrogens with one attached hydrogen (secondary N) is 1. The van der Waals surface area contributed by atoms with Crippen molar-refractivity contribution < 1.29 is 14.3 Å². The Kier molecular flexibility index (Phi) is 6.03. The van der Waals surface area contributed by atoms with Crippen LogP contribution >= 0.6 is 0 Å². The molecule has 1 heterocycles. The molecule has 1 aliphatic rings. The van der Waals surface area contributed by atoms with Crippen LogP contribution in [0.15, 0.2) is 72.8 Å². The fraction of sp³-hybridized carbons (Fsp3) is 0.231. The minimum Gasteiger partial charge on any atom is -0.457 e. The topological polar surface area (TPSA) is 58.6 Å². The van der Waals surface area contributed by atoms with E-state index < -0.39 is 0 Å². The second-order valence-electron chi connectivity index (χ2n) is 7.97. The molecule has 1 atom stereocenters. The fourth-order valence-corrected chi connectivity index (χ4v) is 3.72. The number of aryl methyl sites for hydroxylation is 1. The van der Waals surface area contributed by atoms with Crippen LogP contribution in [-0.4, -0.2) is 23.3 Å². The van der Waals surface area contributed by atoms with Crippen LogP contribution in [0.2, 0.25) is 0 Å². The van der Waals surface area contributed by atoms with E-state index in [0.717, 1.165) is 16.9 Å². The Morgan fingerprint density at radius 3 is 2.48 bits per heavy atom. The van der Waals surface area contributed by atoms with Crippen molar-refractivity contribution in [2.45, 2.75) is 26.8 Å². The van der Waals surface area contributed by atoms with E-state index >= 15 is 0 Å². The van der Waals surface area contributed by atoms with E-state index in [-0.39, 0.29) is 24.2 Å². The van der Waals surface area contributed by atoms with Crippen LogP contribution in [0.5, 0.6) is 11.5 Å². The molecule has 1 N–H and O–H groups in total. The highest BCUT2D eigenvalue weighted by atomic mass is 16.5. The van der Waals surface area contributed by atoms with Gasteiger partial charge in [-0.05, 0) is 60.9 Å². The lowest BCUT2D eigenvalue weighted by atomic mass is 10.1. The Morgan fingerprint density at radius 2 is 1.74 bits per heavy atom. The lowest BCUT2D eigenvalue weighted by Gasteiger charge is -2.16. The summed E-state index contributed by atoms with van der Waals surface area (Å²) in [5, 5.41) is 2.93. The molecule has 1 aliphatic heterocycles. The molecule has 158 valence electrons. The maximum atomic E-state index is 12.7. The van der Waals surface area contributed by atoms with Crippen molar-refractivity contribution in [3.63, 3.8) is 0 Å². The SMILES string of the molecule is Cc1cccc(Oc2ccc(NC(=O)[C@@H]3CC(=O)N(Cc4ccccc4)C3)cc2)c1C. The number of carbonyl (C=O) groups excluding carboxylic acids is 2. The summed E-state index contributed by atoms with van der Waals surface area (Å²) in [4.78, 5) is 26.8. The predicted octanol–water partition coefficient (Wildman–Crippen LogP) is 5.08. The van der Waals surface area contributed by atoms with Gasteiger partial charge < -0.3 is 15.0 Å². The minimum absolute atomic E-state index is 0.0151. The Balaban J connectivity index is 1.34. The monoisotopic (exact) mass is 414 g/mol. The minimum atomic E-state index is -0.345. The highest BCUT2D eigenvalue weighted by molar-refractivity contribution is 5.97. The molecule has 5 nitrogen and oxygen atoms in total. The zero-order chi connectivity index (χ0) is 21.8. The first-order valence-corrected chi connectivity index (χ1v) is 10.5. The summed E-state index contributed by atoms with van der Waals surface area (Å²) in [6, 6.07) is 23.1. The zero-order valence-corrected chi connectivity index (χ0v) is 17.8. The summed E-state index contributed by atoms with van der Waals surface area (Å²) in [5.41, 5.74) is 4.03. The number of rotatable bonds is 6. The normalized spacial score (nSPS) is 15.7. The molecule has 0 saturated carbocycles. The zero-order valence-electron chi connectivity index (χ0n) is 17.8. The first kappa shape index (κ1) is 20.7. The number of nitrogens with zero attached hydrogens (tertiary/aromatic N) is 1. The number of anilines is 1. The van der Waals surface area contributed by atoms with Crippen LogP contribution in [0.4, 0.5) is 5.69 Å². The van der Waals surface area contributed by atoms with E-state index in [1.165, 1.54) is 5.56 Å². The first-order valence-electron chi connectivity index (χ1n) is 10.5. The van der Waals surface area contributed by atoms with Gasteiger partial charge in [-0.15, -0.1) is 0 Å². The first-order chi connectivity index (χ1) is 15.0. The van der Waals surface area contributed by atoms with Gasteiger partial charge in [-0.1, -0.05) is 42.5 Å². The van der Waals surface area contributed by atoms with Gasteiger partial charge in [-0.3, -0.25) is 9.59 Å². The molecule has 1 fully saturated rings. The molecule has 3 aromatic rings. The van der Waals surface area contributed by atoms with Crippen molar-refractivity contribution in [2.24, 2.45) is 5.92 Å². The van der Waals surface area contributed by atoms with Crippen LogP contribution in [0.1, 0.15) is 23.1 Å². The van der Waals surface area contributed by atoms with E-state index in [1.807, 2.05) is 73.7 Å². The maximum absolute atomic E-state index is 12.7. The molecule has 0 radical (unpaired) electrons. The van der Waals surface area contributed by atoms with Crippen LogP contribution < -0.4 is 10.1 Å². The molecule has 2 amide bonds. The number of hydrogen-bond acceptors (Lipinski definition) is 3. The van der Waals surface area contributed by atoms with E-state index in [4.69, 9.17) is 4.74 Å². The molecule has 0 aromatic heterocycles. The Labute approximate surface area is 182 Å². The second kappa shape index (κ2) is 9.04. The van der Waals surface area contributed by atoms with Crippen LogP contribution in [0.25, 0.3) is 0 Å². The molecule has 0 bridgehead atoms. The number of amides is 2. The van der Waals surface area contributed by atoms with Crippen molar-refractivity contribution in [1.29, 1.82) is 0 Å². The maximum Gasteiger partial charge on any atom is 0.229 e. The lowest BCUT2D eigenvalue weighted by molar-refractivity contribution is -0.128. The van der Waals surface area contributed by atoms with Gasteiger partial charge in [-0.25, -0.2) is 0 Å². The highest BCUT2D eigenvalue weighted by Crippen LogP contribution is 2.28. The summed E-state index contributed by atoms with van der Waals surface area (Å²) in [5.74, 6) is 1.06. The van der Waals surface area contributed by atoms with E-state index in [1.54, 1.807) is 4.90 Å². The Bertz CT molecular complexity index is 1080. The lowest BCUT2D eigenvalue weighted by Crippen LogP contribution is -2.28. The van der Waals surface area contributed by atoms with Crippen LogP contribution in [-0.2, 0) is 16.1 Å². The van der Waals surface area contributed by atoms with E-state index in [9.17, 15) is 9.59 Å². The molecule has 0 unspecified atom stereocenters. The van der Waals surface area contributed by atoms with E-state index in [2.05, 4.69) is 18.3 Å². The summed E-state index contributed by atoms with van der Waals surface area (Å²) in [7, 11) is 0. The van der Waals surface area contributed by atoms with Gasteiger partial charge in [0.15, 0.2) is 0 Å². The number of likely N-dealkylation sites (tertiary alicyclic amines) is 1. The second-order valence-corrected chi connectivity index (χ2v) is 7.97. The molecule has 5 heteroatoms. The summed E-state index contributed by atoms with van der Waals surface area (Å²) >= 11 is 0. The fourth-order valence-electron chi connectivity index (χ4n) is 3.72. The third kappa shape index (κ3) is 4.94. The van der Waals surface area contributed by atoms with Crippen LogP contribution in [0, 0.1) is 19.8 Å². The third-order valence-corrected chi connectivity index (χ3v) is 5.71. The molecular formula is C26H26N2O3. The van der Waals surface area contributed by atoms with Gasteiger partial charge >= 0.3 is 0 Å². The third-order valence-electron chi connectivity index (χ3n) is 5.71.